The normalized spacial score (nSPS) is 13.5. The van der Waals surface area contributed by atoms with Crippen LogP contribution in [0.2, 0.25) is 0 Å². The molecule has 1 unspecified atom stereocenters. The highest BCUT2D eigenvalue weighted by molar-refractivity contribution is 7.89. The average Bonchev–Trinajstić information content (AvgIpc) is 3.22. The minimum absolute atomic E-state index is 0.212. The summed E-state index contributed by atoms with van der Waals surface area (Å²) in [6, 6.07) is 11.9. The summed E-state index contributed by atoms with van der Waals surface area (Å²) in [5.74, 6) is 2.02. The topological polar surface area (TPSA) is 112 Å². The van der Waals surface area contributed by atoms with Gasteiger partial charge in [0.25, 0.3) is 0 Å². The van der Waals surface area contributed by atoms with Crippen molar-refractivity contribution in [3.63, 3.8) is 0 Å². The van der Waals surface area contributed by atoms with Crippen LogP contribution in [-0.4, -0.2) is 53.1 Å². The number of pyridine rings is 1. The first-order valence-electron chi connectivity index (χ1n) is 10.9. The molecule has 34 heavy (non-hydrogen) atoms. The van der Waals surface area contributed by atoms with Gasteiger partial charge < -0.3 is 10.1 Å². The van der Waals surface area contributed by atoms with E-state index in [9.17, 15) is 8.42 Å². The number of sulfone groups is 1. The van der Waals surface area contributed by atoms with Crippen LogP contribution in [-0.2, 0) is 15.7 Å². The number of fused-ring (bicyclic) bond motifs is 1. The van der Waals surface area contributed by atoms with Gasteiger partial charge in [-0.15, -0.1) is 0 Å². The van der Waals surface area contributed by atoms with Crippen LogP contribution in [0.15, 0.2) is 55.1 Å². The number of hydrogen-bond donors (Lipinski definition) is 1. The van der Waals surface area contributed by atoms with Crippen molar-refractivity contribution in [3.8, 4) is 17.0 Å². The maximum atomic E-state index is 11.6. The zero-order valence-electron chi connectivity index (χ0n) is 19.6. The molecule has 4 aromatic rings. The highest BCUT2D eigenvalue weighted by Crippen LogP contribution is 2.31. The molecular formula is C24H28N6O3S. The van der Waals surface area contributed by atoms with Gasteiger partial charge in [-0.05, 0) is 29.5 Å². The molecule has 3 aromatic heterocycles. The van der Waals surface area contributed by atoms with E-state index in [2.05, 4.69) is 45.3 Å². The lowest BCUT2D eigenvalue weighted by atomic mass is 9.88. The summed E-state index contributed by atoms with van der Waals surface area (Å²) in [4.78, 5) is 13.2. The molecule has 10 heteroatoms. The van der Waals surface area contributed by atoms with Crippen LogP contribution in [0, 0.1) is 5.92 Å². The molecule has 0 saturated heterocycles. The van der Waals surface area contributed by atoms with Crippen molar-refractivity contribution in [2.45, 2.75) is 25.6 Å². The number of anilines is 1. The van der Waals surface area contributed by atoms with E-state index < -0.39 is 9.84 Å². The molecule has 0 saturated carbocycles. The second-order valence-electron chi connectivity index (χ2n) is 8.51. The minimum Gasteiger partial charge on any atom is -0.496 e. The van der Waals surface area contributed by atoms with Gasteiger partial charge in [0.2, 0.25) is 0 Å². The molecule has 9 nitrogen and oxygen atoms in total. The van der Waals surface area contributed by atoms with Crippen molar-refractivity contribution in [2.24, 2.45) is 5.92 Å². The molecule has 4 rings (SSSR count). The van der Waals surface area contributed by atoms with Gasteiger partial charge in [-0.3, -0.25) is 0 Å². The van der Waals surface area contributed by atoms with E-state index in [-0.39, 0.29) is 5.88 Å². The van der Waals surface area contributed by atoms with E-state index in [4.69, 9.17) is 4.74 Å². The molecule has 0 radical (unpaired) electrons. The van der Waals surface area contributed by atoms with E-state index in [0.29, 0.717) is 23.2 Å². The molecule has 0 amide bonds. The molecule has 3 heterocycles. The Morgan fingerprint density at radius 2 is 1.88 bits per heavy atom. The molecule has 0 aliphatic heterocycles. The van der Waals surface area contributed by atoms with E-state index >= 15 is 0 Å². The third-order valence-electron chi connectivity index (χ3n) is 5.88. The van der Waals surface area contributed by atoms with Gasteiger partial charge in [0.05, 0.1) is 19.0 Å². The smallest absolute Gasteiger partial charge is 0.167 e. The van der Waals surface area contributed by atoms with Crippen molar-refractivity contribution in [2.75, 3.05) is 25.2 Å². The first-order valence-corrected chi connectivity index (χ1v) is 13.0. The lowest BCUT2D eigenvalue weighted by Gasteiger charge is -2.23. The van der Waals surface area contributed by atoms with Crippen molar-refractivity contribution >= 4 is 26.7 Å². The first kappa shape index (κ1) is 23.6. The largest absolute Gasteiger partial charge is 0.496 e. The molecule has 178 valence electrons. The lowest BCUT2D eigenvalue weighted by Crippen LogP contribution is -2.18. The Balaban J connectivity index is 1.48. The van der Waals surface area contributed by atoms with Gasteiger partial charge in [0.15, 0.2) is 15.5 Å². The maximum absolute atomic E-state index is 11.6. The summed E-state index contributed by atoms with van der Waals surface area (Å²) in [5, 5.41) is 8.31. The molecule has 0 aliphatic carbocycles. The van der Waals surface area contributed by atoms with E-state index in [1.54, 1.807) is 19.5 Å². The number of rotatable bonds is 9. The number of aromatic nitrogens is 5. The summed E-state index contributed by atoms with van der Waals surface area (Å²) in [6.07, 6.45) is 5.96. The predicted molar refractivity (Wildman–Crippen MR) is 132 cm³/mol. The molecular weight excluding hydrogens is 452 g/mol. The maximum Gasteiger partial charge on any atom is 0.167 e. The van der Waals surface area contributed by atoms with Crippen LogP contribution < -0.4 is 10.1 Å². The monoisotopic (exact) mass is 480 g/mol. The van der Waals surface area contributed by atoms with E-state index in [0.717, 1.165) is 29.1 Å². The molecule has 0 bridgehead atoms. The lowest BCUT2D eigenvalue weighted by molar-refractivity contribution is 0.397. The van der Waals surface area contributed by atoms with E-state index in [1.165, 1.54) is 22.8 Å². The first-order chi connectivity index (χ1) is 16.2. The highest BCUT2D eigenvalue weighted by atomic mass is 32.2. The summed E-state index contributed by atoms with van der Waals surface area (Å²) in [7, 11) is -1.53. The van der Waals surface area contributed by atoms with Crippen molar-refractivity contribution < 1.29 is 13.2 Å². The Bertz CT molecular complexity index is 1400. The molecule has 1 aromatic carbocycles. The van der Waals surface area contributed by atoms with Gasteiger partial charge in [0.1, 0.15) is 23.8 Å². The predicted octanol–water partition coefficient (Wildman–Crippen LogP) is 3.75. The third-order valence-corrected chi connectivity index (χ3v) is 6.60. The third kappa shape index (κ3) is 5.33. The minimum atomic E-state index is -3.22. The zero-order chi connectivity index (χ0) is 24.3. The van der Waals surface area contributed by atoms with Crippen LogP contribution in [0.5, 0.6) is 5.75 Å². The fraction of sp³-hybridized carbons (Fsp3) is 0.333. The summed E-state index contributed by atoms with van der Waals surface area (Å²) >= 11 is 0. The number of benzene rings is 1. The number of ether oxygens (including phenoxy) is 1. The Hall–Kier alpha value is -3.53. The summed E-state index contributed by atoms with van der Waals surface area (Å²) in [6.45, 7) is 5.11. The number of nitrogens with one attached hydrogen (secondary N) is 1. The molecule has 0 aliphatic rings. The number of para-hydroxylation sites is 1. The Labute approximate surface area is 199 Å². The highest BCUT2D eigenvalue weighted by Gasteiger charge is 2.18. The molecule has 1 N–H and O–H groups in total. The average molecular weight is 481 g/mol. The molecule has 2 atom stereocenters. The molecule has 0 fully saturated rings. The summed E-state index contributed by atoms with van der Waals surface area (Å²) in [5.41, 5.74) is 3.21. The Kier molecular flexibility index (Phi) is 6.78. The number of methoxy groups -OCH3 is 1. The van der Waals surface area contributed by atoms with Gasteiger partial charge >= 0.3 is 0 Å². The second kappa shape index (κ2) is 9.76. The quantitative estimate of drug-likeness (QED) is 0.385. The Morgan fingerprint density at radius 3 is 2.65 bits per heavy atom. The number of nitrogens with zero attached hydrogens (tertiary/aromatic N) is 5. The van der Waals surface area contributed by atoms with Gasteiger partial charge in [-0.25, -0.2) is 28.1 Å². The fourth-order valence-electron chi connectivity index (χ4n) is 3.83. The van der Waals surface area contributed by atoms with Gasteiger partial charge in [-0.1, -0.05) is 32.0 Å². The van der Waals surface area contributed by atoms with Crippen molar-refractivity contribution in [1.29, 1.82) is 0 Å². The van der Waals surface area contributed by atoms with Gasteiger partial charge in [0, 0.05) is 36.0 Å². The number of hydrogen-bond acceptors (Lipinski definition) is 8. The van der Waals surface area contributed by atoms with E-state index in [1.807, 2.05) is 30.3 Å². The van der Waals surface area contributed by atoms with Crippen LogP contribution >= 0.6 is 0 Å². The SMILES string of the molecule is COc1ccccc1C(C)[C@H](C)CNc1cc(-c2cnc3c(cnn3CS(C)(=O)=O)c2)ncn1. The van der Waals surface area contributed by atoms with Crippen molar-refractivity contribution in [3.05, 3.63) is 60.7 Å². The van der Waals surface area contributed by atoms with Gasteiger partial charge in [-0.2, -0.15) is 5.10 Å². The van der Waals surface area contributed by atoms with Crippen LogP contribution in [0.3, 0.4) is 0 Å². The Morgan fingerprint density at radius 1 is 1.09 bits per heavy atom. The van der Waals surface area contributed by atoms with Crippen LogP contribution in [0.1, 0.15) is 25.3 Å². The second-order valence-corrected chi connectivity index (χ2v) is 10.6. The van der Waals surface area contributed by atoms with Crippen LogP contribution in [0.25, 0.3) is 22.3 Å². The van der Waals surface area contributed by atoms with Crippen LogP contribution in [0.4, 0.5) is 5.82 Å². The molecule has 0 spiro atoms. The zero-order valence-corrected chi connectivity index (χ0v) is 20.5. The van der Waals surface area contributed by atoms with Crippen molar-refractivity contribution in [1.82, 2.24) is 24.7 Å². The fourth-order valence-corrected chi connectivity index (χ4v) is 4.47. The standard InChI is InChI=1S/C24H28N6O3S/c1-16(17(2)20-7-5-6-8-22(20)33-3)11-25-23-10-21(27-14-28-23)18-9-19-13-29-30(15-34(4,31)32)24(19)26-12-18/h5-10,12-14,16-17H,11,15H2,1-4H3,(H,25,27,28)/t16-,17?/m1/s1. The summed E-state index contributed by atoms with van der Waals surface area (Å²) < 4.78 is 30.1.